The van der Waals surface area contributed by atoms with Gasteiger partial charge in [-0.25, -0.2) is 0 Å². The molecule has 1 heterocycles. The molecule has 1 aliphatic heterocycles. The molecule has 1 aromatic carbocycles. The van der Waals surface area contributed by atoms with Crippen LogP contribution in [-0.4, -0.2) is 14.1 Å². The van der Waals surface area contributed by atoms with Gasteiger partial charge >= 0.3 is 0 Å². The molecule has 0 unspecified atom stereocenters. The monoisotopic (exact) mass is 148 g/mol. The minimum Gasteiger partial charge on any atom is -0.376 e. The summed E-state index contributed by atoms with van der Waals surface area (Å²) in [5.74, 6) is 0. The molecule has 0 atom stereocenters. The van der Waals surface area contributed by atoms with E-state index >= 15 is 0 Å². The molecule has 0 aromatic heterocycles. The molecule has 1 N–H and O–H groups in total. The van der Waals surface area contributed by atoms with Gasteiger partial charge in [-0.1, -0.05) is 6.07 Å². The van der Waals surface area contributed by atoms with Crippen LogP contribution < -0.4 is 10.2 Å². The highest BCUT2D eigenvalue weighted by Crippen LogP contribution is 2.48. The Kier molecular flexibility index (Phi) is 1.13. The number of hydrogen-bond donors (Lipinski definition) is 1. The predicted molar refractivity (Wildman–Crippen MR) is 48.8 cm³/mol. The van der Waals surface area contributed by atoms with E-state index in [1.807, 2.05) is 0 Å². The van der Waals surface area contributed by atoms with Crippen LogP contribution in [0, 0.1) is 6.92 Å². The first-order valence-electron chi connectivity index (χ1n) is 3.78. The van der Waals surface area contributed by atoms with Crippen molar-refractivity contribution in [3.8, 4) is 0 Å². The van der Waals surface area contributed by atoms with Gasteiger partial charge in [0.05, 0.1) is 17.1 Å². The fraction of sp³-hybridized carbons (Fsp3) is 0.333. The second kappa shape index (κ2) is 1.91. The Hall–Kier alpha value is -1.18. The van der Waals surface area contributed by atoms with E-state index in [1.165, 1.54) is 22.6 Å². The summed E-state index contributed by atoms with van der Waals surface area (Å²) in [5, 5.41) is 3.27. The van der Waals surface area contributed by atoms with Crippen molar-refractivity contribution < 1.29 is 0 Å². The summed E-state index contributed by atoms with van der Waals surface area (Å²) in [4.78, 5) is 2.12. The highest BCUT2D eigenvalue weighted by atomic mass is 15.1. The molecule has 0 radical (unpaired) electrons. The lowest BCUT2D eigenvalue weighted by Gasteiger charge is -2.10. The molecule has 0 saturated heterocycles. The van der Waals surface area contributed by atoms with Crippen LogP contribution in [0.15, 0.2) is 12.1 Å². The van der Waals surface area contributed by atoms with E-state index < -0.39 is 0 Å². The molecule has 1 aliphatic rings. The minimum absolute atomic E-state index is 1.28. The summed E-state index contributed by atoms with van der Waals surface area (Å²) in [7, 11) is 4.12. The van der Waals surface area contributed by atoms with E-state index in [2.05, 4.69) is 43.4 Å². The zero-order valence-electron chi connectivity index (χ0n) is 7.10. The van der Waals surface area contributed by atoms with Crippen LogP contribution >= 0.6 is 0 Å². The Bertz CT molecular complexity index is 303. The van der Waals surface area contributed by atoms with Crippen molar-refractivity contribution >= 4 is 17.1 Å². The average Bonchev–Trinajstić information content (AvgIpc) is 2.66. The van der Waals surface area contributed by atoms with Crippen molar-refractivity contribution in [2.45, 2.75) is 6.92 Å². The van der Waals surface area contributed by atoms with Gasteiger partial charge in [0.15, 0.2) is 0 Å². The summed E-state index contributed by atoms with van der Waals surface area (Å²) in [6.07, 6.45) is 0. The zero-order chi connectivity index (χ0) is 8.01. The third-order valence-electron chi connectivity index (χ3n) is 2.06. The maximum absolute atomic E-state index is 3.27. The van der Waals surface area contributed by atoms with Crippen LogP contribution in [0.3, 0.4) is 0 Å². The maximum atomic E-state index is 3.27. The van der Waals surface area contributed by atoms with Gasteiger partial charge in [0.25, 0.3) is 0 Å². The summed E-state index contributed by atoms with van der Waals surface area (Å²) in [5.41, 5.74) is 5.24. The van der Waals surface area contributed by atoms with Gasteiger partial charge in [-0.2, -0.15) is 0 Å². The Balaban J connectivity index is 2.49. The van der Waals surface area contributed by atoms with Crippen molar-refractivity contribution in [2.24, 2.45) is 0 Å². The molecular formula is C9H12N2. The highest BCUT2D eigenvalue weighted by Gasteiger charge is 2.23. The molecule has 0 amide bonds. The van der Waals surface area contributed by atoms with Gasteiger partial charge in [0.1, 0.15) is 0 Å². The van der Waals surface area contributed by atoms with Gasteiger partial charge in [0, 0.05) is 14.1 Å². The number of fused-ring (bicyclic) bond motifs is 1. The van der Waals surface area contributed by atoms with E-state index in [9.17, 15) is 0 Å². The Morgan fingerprint density at radius 1 is 1.18 bits per heavy atom. The molecule has 58 valence electrons. The van der Waals surface area contributed by atoms with E-state index in [-0.39, 0.29) is 0 Å². The van der Waals surface area contributed by atoms with Crippen LogP contribution in [-0.2, 0) is 0 Å². The molecule has 11 heavy (non-hydrogen) atoms. The number of nitrogens with one attached hydrogen (secondary N) is 1. The normalized spacial score (nSPS) is 11.9. The second-order valence-electron chi connectivity index (χ2n) is 3.17. The molecule has 2 nitrogen and oxygen atoms in total. The molecule has 0 spiro atoms. The quantitative estimate of drug-likeness (QED) is 0.626. The van der Waals surface area contributed by atoms with Crippen LogP contribution in [0.25, 0.3) is 0 Å². The topological polar surface area (TPSA) is 25.2 Å². The number of rotatable bonds is 1. The van der Waals surface area contributed by atoms with Crippen LogP contribution in [0.4, 0.5) is 17.1 Å². The standard InChI is InChI=1S/C9H12N2/c1-6-4-5-7(11(2)3)9-8(6)10-9/h4-5,10H,1-3H3. The Morgan fingerprint density at radius 3 is 2.55 bits per heavy atom. The minimum atomic E-state index is 1.28. The first kappa shape index (κ1) is 6.53. The first-order chi connectivity index (χ1) is 5.20. The fourth-order valence-corrected chi connectivity index (χ4v) is 1.32. The first-order valence-corrected chi connectivity index (χ1v) is 3.78. The van der Waals surface area contributed by atoms with Crippen molar-refractivity contribution in [1.82, 2.24) is 0 Å². The van der Waals surface area contributed by atoms with E-state index in [0.29, 0.717) is 0 Å². The van der Waals surface area contributed by atoms with E-state index in [4.69, 9.17) is 0 Å². The van der Waals surface area contributed by atoms with Gasteiger partial charge < -0.3 is 10.2 Å². The van der Waals surface area contributed by atoms with E-state index in [1.54, 1.807) is 0 Å². The van der Waals surface area contributed by atoms with Gasteiger partial charge in [-0.05, 0) is 18.6 Å². The van der Waals surface area contributed by atoms with Crippen LogP contribution in [0.5, 0.6) is 0 Å². The molecule has 2 heteroatoms. The van der Waals surface area contributed by atoms with Gasteiger partial charge in [0.2, 0.25) is 0 Å². The lowest BCUT2D eigenvalue weighted by Crippen LogP contribution is -2.07. The molecule has 0 saturated carbocycles. The third-order valence-corrected chi connectivity index (χ3v) is 2.06. The van der Waals surface area contributed by atoms with Crippen LogP contribution in [0.1, 0.15) is 5.56 Å². The summed E-state index contributed by atoms with van der Waals surface area (Å²) >= 11 is 0. The molecule has 0 aliphatic carbocycles. The Labute approximate surface area is 66.8 Å². The number of anilines is 3. The summed E-state index contributed by atoms with van der Waals surface area (Å²) in [6, 6.07) is 4.29. The molecule has 1 aromatic rings. The SMILES string of the molecule is Cc1ccc(N(C)C)c2c1N2. The number of aryl methyl sites for hydroxylation is 1. The van der Waals surface area contributed by atoms with Gasteiger partial charge in [-0.3, -0.25) is 0 Å². The van der Waals surface area contributed by atoms with Crippen LogP contribution in [0.2, 0.25) is 0 Å². The van der Waals surface area contributed by atoms with Gasteiger partial charge in [-0.15, -0.1) is 0 Å². The smallest absolute Gasteiger partial charge is 0.0864 e. The van der Waals surface area contributed by atoms with Crippen molar-refractivity contribution in [3.63, 3.8) is 0 Å². The summed E-state index contributed by atoms with van der Waals surface area (Å²) in [6.45, 7) is 2.12. The Morgan fingerprint density at radius 2 is 1.91 bits per heavy atom. The molecule has 0 bridgehead atoms. The highest BCUT2D eigenvalue weighted by molar-refractivity contribution is 6.01. The van der Waals surface area contributed by atoms with Crippen molar-refractivity contribution in [2.75, 3.05) is 24.3 Å². The summed E-state index contributed by atoms with van der Waals surface area (Å²) < 4.78 is 0. The lowest BCUT2D eigenvalue weighted by atomic mass is 10.2. The molecular weight excluding hydrogens is 136 g/mol. The fourth-order valence-electron chi connectivity index (χ4n) is 1.32. The number of benzene rings is 1. The third kappa shape index (κ3) is 0.862. The number of hydrogen-bond acceptors (Lipinski definition) is 2. The zero-order valence-corrected chi connectivity index (χ0v) is 7.10. The number of nitrogens with zero attached hydrogens (tertiary/aromatic N) is 1. The largest absolute Gasteiger partial charge is 0.376 e. The average molecular weight is 148 g/mol. The predicted octanol–water partition coefficient (Wildman–Crippen LogP) is 2.12. The van der Waals surface area contributed by atoms with Crippen molar-refractivity contribution in [1.29, 1.82) is 0 Å². The second-order valence-corrected chi connectivity index (χ2v) is 3.17. The molecule has 2 rings (SSSR count). The lowest BCUT2D eigenvalue weighted by molar-refractivity contribution is 1.14. The maximum Gasteiger partial charge on any atom is 0.0864 e. The van der Waals surface area contributed by atoms with Crippen molar-refractivity contribution in [3.05, 3.63) is 17.7 Å². The molecule has 0 fully saturated rings. The van der Waals surface area contributed by atoms with E-state index in [0.717, 1.165) is 0 Å².